The van der Waals surface area contributed by atoms with E-state index in [4.69, 9.17) is 0 Å². The summed E-state index contributed by atoms with van der Waals surface area (Å²) in [4.78, 5) is 4.25. The van der Waals surface area contributed by atoms with Crippen LogP contribution in [0.3, 0.4) is 0 Å². The first-order chi connectivity index (χ1) is 7.27. The fourth-order valence-corrected chi connectivity index (χ4v) is 2.26. The van der Waals surface area contributed by atoms with Gasteiger partial charge in [0.25, 0.3) is 0 Å². The van der Waals surface area contributed by atoms with Gasteiger partial charge in [-0.15, -0.1) is 0 Å². The lowest BCUT2D eigenvalue weighted by Gasteiger charge is -2.27. The van der Waals surface area contributed by atoms with Gasteiger partial charge in [0, 0.05) is 17.8 Å². The van der Waals surface area contributed by atoms with E-state index in [0.29, 0.717) is 11.8 Å². The molecule has 15 heavy (non-hydrogen) atoms. The molecule has 1 aliphatic rings. The van der Waals surface area contributed by atoms with E-state index in [9.17, 15) is 4.39 Å². The van der Waals surface area contributed by atoms with Crippen molar-refractivity contribution in [3.05, 3.63) is 29.8 Å². The molecule has 2 nitrogen and oxygen atoms in total. The number of piperidine rings is 1. The number of halogens is 1. The minimum absolute atomic E-state index is 0.180. The molecule has 1 N–H and O–H groups in total. The van der Waals surface area contributed by atoms with Crippen LogP contribution < -0.4 is 5.32 Å². The number of hydrogen-bond donors (Lipinski definition) is 1. The van der Waals surface area contributed by atoms with E-state index in [1.807, 2.05) is 0 Å². The topological polar surface area (TPSA) is 24.9 Å². The fourth-order valence-electron chi connectivity index (χ4n) is 2.26. The normalized spacial score (nSPS) is 20.1. The zero-order valence-corrected chi connectivity index (χ0v) is 9.04. The molecule has 0 amide bonds. The molecule has 0 radical (unpaired) electrons. The predicted octanol–water partition coefficient (Wildman–Crippen LogP) is 2.32. The highest BCUT2D eigenvalue weighted by atomic mass is 19.1. The highest BCUT2D eigenvalue weighted by Gasteiger charge is 2.22. The lowest BCUT2D eigenvalue weighted by atomic mass is 9.84. The van der Waals surface area contributed by atoms with E-state index >= 15 is 0 Å². The van der Waals surface area contributed by atoms with E-state index in [1.165, 1.54) is 18.9 Å². The van der Waals surface area contributed by atoms with Gasteiger partial charge in [0.1, 0.15) is 5.82 Å². The smallest absolute Gasteiger partial charge is 0.126 e. The summed E-state index contributed by atoms with van der Waals surface area (Å²) in [6, 6.07) is 2.96. The summed E-state index contributed by atoms with van der Waals surface area (Å²) in [5.74, 6) is 0.823. The van der Waals surface area contributed by atoms with Crippen LogP contribution in [0, 0.1) is 11.7 Å². The Hall–Kier alpha value is -0.960. The van der Waals surface area contributed by atoms with Crippen molar-refractivity contribution in [3.63, 3.8) is 0 Å². The quantitative estimate of drug-likeness (QED) is 0.806. The van der Waals surface area contributed by atoms with E-state index in [-0.39, 0.29) is 5.82 Å². The first kappa shape index (κ1) is 10.6. The summed E-state index contributed by atoms with van der Waals surface area (Å²) in [6.45, 7) is 4.30. The van der Waals surface area contributed by atoms with Gasteiger partial charge in [0.2, 0.25) is 0 Å². The van der Waals surface area contributed by atoms with Crippen molar-refractivity contribution in [3.8, 4) is 0 Å². The molecule has 2 rings (SSSR count). The molecular weight excluding hydrogens is 191 g/mol. The maximum atomic E-state index is 13.0. The molecule has 1 saturated heterocycles. The van der Waals surface area contributed by atoms with E-state index in [0.717, 1.165) is 18.8 Å². The Balaban J connectivity index is 2.08. The molecule has 0 aromatic carbocycles. The minimum atomic E-state index is -0.180. The molecule has 1 aromatic rings. The van der Waals surface area contributed by atoms with Crippen LogP contribution in [0.2, 0.25) is 0 Å². The third-order valence-corrected chi connectivity index (χ3v) is 3.30. The third-order valence-electron chi connectivity index (χ3n) is 3.30. The molecule has 1 unspecified atom stereocenters. The number of nitrogens with one attached hydrogen (secondary N) is 1. The lowest BCUT2D eigenvalue weighted by Crippen LogP contribution is -2.30. The van der Waals surface area contributed by atoms with Crippen molar-refractivity contribution in [2.75, 3.05) is 13.1 Å². The van der Waals surface area contributed by atoms with E-state index < -0.39 is 0 Å². The maximum Gasteiger partial charge on any atom is 0.126 e. The molecule has 2 heterocycles. The molecule has 1 aromatic heterocycles. The SMILES string of the molecule is CC(c1cc(F)ccn1)C1CCNCC1. The highest BCUT2D eigenvalue weighted by molar-refractivity contribution is 5.11. The second-order valence-electron chi connectivity index (χ2n) is 4.28. The number of nitrogens with zero attached hydrogens (tertiary/aromatic N) is 1. The molecule has 1 aliphatic heterocycles. The zero-order chi connectivity index (χ0) is 10.7. The molecule has 0 aliphatic carbocycles. The number of pyridine rings is 1. The first-order valence-electron chi connectivity index (χ1n) is 5.59. The number of hydrogen-bond acceptors (Lipinski definition) is 2. The molecule has 1 atom stereocenters. The van der Waals surface area contributed by atoms with Crippen LogP contribution in [0.5, 0.6) is 0 Å². The number of rotatable bonds is 2. The Kier molecular flexibility index (Phi) is 3.31. The van der Waals surface area contributed by atoms with Gasteiger partial charge >= 0.3 is 0 Å². The maximum absolute atomic E-state index is 13.0. The van der Waals surface area contributed by atoms with Gasteiger partial charge in [-0.05, 0) is 44.0 Å². The van der Waals surface area contributed by atoms with Crippen molar-refractivity contribution < 1.29 is 4.39 Å². The zero-order valence-electron chi connectivity index (χ0n) is 9.04. The Labute approximate surface area is 89.9 Å². The molecule has 0 bridgehead atoms. The summed E-state index contributed by atoms with van der Waals surface area (Å²) < 4.78 is 13.0. The monoisotopic (exact) mass is 208 g/mol. The second-order valence-corrected chi connectivity index (χ2v) is 4.28. The molecule has 3 heteroatoms. The average Bonchev–Trinajstić information content (AvgIpc) is 2.29. The Bertz CT molecular complexity index is 321. The molecule has 0 spiro atoms. The third kappa shape index (κ3) is 2.53. The minimum Gasteiger partial charge on any atom is -0.317 e. The Morgan fingerprint density at radius 1 is 1.47 bits per heavy atom. The van der Waals surface area contributed by atoms with Crippen LogP contribution >= 0.6 is 0 Å². The van der Waals surface area contributed by atoms with Crippen LogP contribution in [0.4, 0.5) is 4.39 Å². The van der Waals surface area contributed by atoms with Crippen LogP contribution in [0.25, 0.3) is 0 Å². The summed E-state index contributed by atoms with van der Waals surface area (Å²) in [5.41, 5.74) is 0.891. The van der Waals surface area contributed by atoms with Gasteiger partial charge in [0.15, 0.2) is 0 Å². The van der Waals surface area contributed by atoms with Crippen molar-refractivity contribution in [2.45, 2.75) is 25.7 Å². The highest BCUT2D eigenvalue weighted by Crippen LogP contribution is 2.29. The van der Waals surface area contributed by atoms with Crippen LogP contribution in [-0.4, -0.2) is 18.1 Å². The first-order valence-corrected chi connectivity index (χ1v) is 5.59. The lowest BCUT2D eigenvalue weighted by molar-refractivity contribution is 0.326. The van der Waals surface area contributed by atoms with Gasteiger partial charge in [-0.3, -0.25) is 4.98 Å². The van der Waals surface area contributed by atoms with Gasteiger partial charge in [-0.1, -0.05) is 6.92 Å². The fraction of sp³-hybridized carbons (Fsp3) is 0.583. The summed E-state index contributed by atoms with van der Waals surface area (Å²) in [6.07, 6.45) is 3.89. The molecule has 82 valence electrons. The Morgan fingerprint density at radius 3 is 2.87 bits per heavy atom. The summed E-state index contributed by atoms with van der Waals surface area (Å²) in [5, 5.41) is 3.34. The summed E-state index contributed by atoms with van der Waals surface area (Å²) >= 11 is 0. The summed E-state index contributed by atoms with van der Waals surface area (Å²) in [7, 11) is 0. The van der Waals surface area contributed by atoms with Crippen molar-refractivity contribution >= 4 is 0 Å². The van der Waals surface area contributed by atoms with Gasteiger partial charge in [-0.2, -0.15) is 0 Å². The van der Waals surface area contributed by atoms with E-state index in [2.05, 4.69) is 17.2 Å². The van der Waals surface area contributed by atoms with E-state index in [1.54, 1.807) is 12.3 Å². The largest absolute Gasteiger partial charge is 0.317 e. The number of aromatic nitrogens is 1. The van der Waals surface area contributed by atoms with Gasteiger partial charge in [-0.25, -0.2) is 4.39 Å². The van der Waals surface area contributed by atoms with Crippen molar-refractivity contribution in [2.24, 2.45) is 5.92 Å². The predicted molar refractivity (Wildman–Crippen MR) is 58.2 cm³/mol. The van der Waals surface area contributed by atoms with Crippen molar-refractivity contribution in [1.29, 1.82) is 0 Å². The Morgan fingerprint density at radius 2 is 2.20 bits per heavy atom. The van der Waals surface area contributed by atoms with Crippen LogP contribution in [-0.2, 0) is 0 Å². The molecule has 1 fully saturated rings. The average molecular weight is 208 g/mol. The second kappa shape index (κ2) is 4.71. The van der Waals surface area contributed by atoms with Crippen molar-refractivity contribution in [1.82, 2.24) is 10.3 Å². The van der Waals surface area contributed by atoms with Crippen LogP contribution in [0.1, 0.15) is 31.4 Å². The van der Waals surface area contributed by atoms with Gasteiger partial charge in [0.05, 0.1) is 0 Å². The molecular formula is C12H17FN2. The van der Waals surface area contributed by atoms with Gasteiger partial charge < -0.3 is 5.32 Å². The molecule has 0 saturated carbocycles. The van der Waals surface area contributed by atoms with Crippen LogP contribution in [0.15, 0.2) is 18.3 Å². The standard InChI is InChI=1S/C12H17FN2/c1-9(10-2-5-14-6-3-10)12-8-11(13)4-7-15-12/h4,7-10,14H,2-3,5-6H2,1H3.